The van der Waals surface area contributed by atoms with Gasteiger partial charge in [0.25, 0.3) is 0 Å². The summed E-state index contributed by atoms with van der Waals surface area (Å²) in [5.41, 5.74) is 3.70. The van der Waals surface area contributed by atoms with Gasteiger partial charge in [0.1, 0.15) is 11.6 Å². The quantitative estimate of drug-likeness (QED) is 0.375. The van der Waals surface area contributed by atoms with Crippen molar-refractivity contribution in [1.29, 1.82) is 0 Å². The van der Waals surface area contributed by atoms with Gasteiger partial charge >= 0.3 is 0 Å². The highest BCUT2D eigenvalue weighted by Gasteiger charge is 2.27. The number of pyridine rings is 1. The van der Waals surface area contributed by atoms with Gasteiger partial charge in [-0.2, -0.15) is 0 Å². The number of benzene rings is 2. The number of fused-ring (bicyclic) bond motifs is 1. The van der Waals surface area contributed by atoms with Gasteiger partial charge in [0, 0.05) is 42.5 Å². The predicted octanol–water partition coefficient (Wildman–Crippen LogP) is 4.67. The lowest BCUT2D eigenvalue weighted by atomic mass is 9.92. The minimum absolute atomic E-state index is 0.273. The molecule has 2 aromatic heterocycles. The summed E-state index contributed by atoms with van der Waals surface area (Å²) in [5.74, 6) is 1.74. The molecule has 2 aromatic carbocycles. The Bertz CT molecular complexity index is 1250. The largest absolute Gasteiger partial charge is 0.497 e. The summed E-state index contributed by atoms with van der Waals surface area (Å²) < 4.78 is 5.36. The standard InChI is InChI=1S/C25H27N5OS/c1-25(2,15-28-24(32)26-3)23-29-21(16-9-11-27-12-10-16)22(30-23)19-6-5-18-14-20(31-4)8-7-17(18)13-19/h5-14H,15H2,1-4H3,(H,29,30)(H2,26,28,32). The number of methoxy groups -OCH3 is 1. The van der Waals surface area contributed by atoms with Crippen LogP contribution in [0.3, 0.4) is 0 Å². The SMILES string of the molecule is CNC(=S)NCC(C)(C)c1nc(-c2ccc3cc(OC)ccc3c2)c(-c2ccncc2)[nH]1. The fourth-order valence-electron chi connectivity index (χ4n) is 3.60. The summed E-state index contributed by atoms with van der Waals surface area (Å²) in [6.07, 6.45) is 3.59. The predicted molar refractivity (Wildman–Crippen MR) is 134 cm³/mol. The third-order valence-electron chi connectivity index (χ3n) is 5.55. The molecule has 2 heterocycles. The summed E-state index contributed by atoms with van der Waals surface area (Å²) in [5, 5.41) is 9.08. The van der Waals surface area contributed by atoms with Crippen LogP contribution in [0.4, 0.5) is 0 Å². The molecule has 0 unspecified atom stereocenters. The van der Waals surface area contributed by atoms with Crippen molar-refractivity contribution in [3.63, 3.8) is 0 Å². The number of nitrogens with one attached hydrogen (secondary N) is 3. The second kappa shape index (κ2) is 8.96. The van der Waals surface area contributed by atoms with Crippen LogP contribution >= 0.6 is 12.2 Å². The zero-order chi connectivity index (χ0) is 22.7. The Labute approximate surface area is 193 Å². The lowest BCUT2D eigenvalue weighted by Crippen LogP contribution is -2.41. The lowest BCUT2D eigenvalue weighted by molar-refractivity contribution is 0.415. The summed E-state index contributed by atoms with van der Waals surface area (Å²) in [6.45, 7) is 4.93. The monoisotopic (exact) mass is 445 g/mol. The molecule has 6 nitrogen and oxygen atoms in total. The Morgan fingerprint density at radius 3 is 2.47 bits per heavy atom. The van der Waals surface area contributed by atoms with Gasteiger partial charge in [-0.25, -0.2) is 4.98 Å². The first kappa shape index (κ1) is 21.8. The van der Waals surface area contributed by atoms with Crippen LogP contribution in [0, 0.1) is 0 Å². The molecule has 4 aromatic rings. The molecule has 0 radical (unpaired) electrons. The van der Waals surface area contributed by atoms with Gasteiger partial charge in [0.05, 0.1) is 18.5 Å². The van der Waals surface area contributed by atoms with Crippen LogP contribution in [0.15, 0.2) is 60.9 Å². The molecule has 0 fully saturated rings. The minimum Gasteiger partial charge on any atom is -0.497 e. The number of hydrogen-bond donors (Lipinski definition) is 3. The van der Waals surface area contributed by atoms with Crippen molar-refractivity contribution in [3.8, 4) is 28.3 Å². The van der Waals surface area contributed by atoms with E-state index < -0.39 is 0 Å². The smallest absolute Gasteiger partial charge is 0.166 e. The normalized spacial score (nSPS) is 11.4. The molecular weight excluding hydrogens is 418 g/mol. The highest BCUT2D eigenvalue weighted by atomic mass is 32.1. The number of nitrogens with zero attached hydrogens (tertiary/aromatic N) is 2. The molecule has 4 rings (SSSR count). The van der Waals surface area contributed by atoms with Gasteiger partial charge in [-0.05, 0) is 53.3 Å². The number of imidazole rings is 1. The maximum atomic E-state index is 5.36. The maximum absolute atomic E-state index is 5.36. The Morgan fingerprint density at radius 1 is 1.03 bits per heavy atom. The molecule has 0 bridgehead atoms. The second-order valence-corrected chi connectivity index (χ2v) is 8.70. The second-order valence-electron chi connectivity index (χ2n) is 8.29. The molecule has 164 valence electrons. The highest BCUT2D eigenvalue weighted by Crippen LogP contribution is 2.35. The van der Waals surface area contributed by atoms with Crippen LogP contribution < -0.4 is 15.4 Å². The molecule has 0 aliphatic heterocycles. The van der Waals surface area contributed by atoms with Gasteiger partial charge in [0.15, 0.2) is 5.11 Å². The molecule has 0 spiro atoms. The maximum Gasteiger partial charge on any atom is 0.166 e. The van der Waals surface area contributed by atoms with Crippen molar-refractivity contribution >= 4 is 28.1 Å². The molecular formula is C25H27N5OS. The fraction of sp³-hybridized carbons (Fsp3) is 0.240. The molecule has 32 heavy (non-hydrogen) atoms. The van der Waals surface area contributed by atoms with E-state index in [9.17, 15) is 0 Å². The Balaban J connectivity index is 1.80. The van der Waals surface area contributed by atoms with Crippen LogP contribution in [0.1, 0.15) is 19.7 Å². The van der Waals surface area contributed by atoms with Crippen molar-refractivity contribution in [1.82, 2.24) is 25.6 Å². The number of ether oxygens (including phenoxy) is 1. The zero-order valence-corrected chi connectivity index (χ0v) is 19.5. The van der Waals surface area contributed by atoms with E-state index in [2.05, 4.69) is 58.7 Å². The van der Waals surface area contributed by atoms with Crippen LogP contribution in [0.5, 0.6) is 5.75 Å². The molecule has 0 saturated heterocycles. The van der Waals surface area contributed by atoms with Crippen molar-refractivity contribution < 1.29 is 4.74 Å². The van der Waals surface area contributed by atoms with Gasteiger partial charge in [-0.1, -0.05) is 32.0 Å². The van der Waals surface area contributed by atoms with E-state index in [1.54, 1.807) is 19.5 Å². The number of thiocarbonyl (C=S) groups is 1. The number of aromatic nitrogens is 3. The first-order valence-electron chi connectivity index (χ1n) is 10.5. The van der Waals surface area contributed by atoms with Crippen LogP contribution in [-0.4, -0.2) is 40.8 Å². The average Bonchev–Trinajstić information content (AvgIpc) is 3.29. The van der Waals surface area contributed by atoms with Crippen molar-refractivity contribution in [3.05, 3.63) is 66.7 Å². The zero-order valence-electron chi connectivity index (χ0n) is 18.7. The van der Waals surface area contributed by atoms with E-state index in [1.165, 1.54) is 0 Å². The van der Waals surface area contributed by atoms with E-state index in [0.29, 0.717) is 11.7 Å². The fourth-order valence-corrected chi connectivity index (χ4v) is 3.67. The highest BCUT2D eigenvalue weighted by molar-refractivity contribution is 7.80. The van der Waals surface area contributed by atoms with Crippen LogP contribution in [-0.2, 0) is 5.41 Å². The third kappa shape index (κ3) is 4.43. The molecule has 3 N–H and O–H groups in total. The summed E-state index contributed by atoms with van der Waals surface area (Å²) in [7, 11) is 3.49. The van der Waals surface area contributed by atoms with Gasteiger partial charge < -0.3 is 20.4 Å². The van der Waals surface area contributed by atoms with E-state index in [1.807, 2.05) is 31.3 Å². The number of aromatic amines is 1. The van der Waals surface area contributed by atoms with Gasteiger partial charge in [-0.15, -0.1) is 0 Å². The van der Waals surface area contributed by atoms with E-state index in [-0.39, 0.29) is 5.41 Å². The number of hydrogen-bond acceptors (Lipinski definition) is 4. The topological polar surface area (TPSA) is 74.9 Å². The summed E-state index contributed by atoms with van der Waals surface area (Å²) in [6, 6.07) is 16.5. The molecule has 0 atom stereocenters. The molecule has 0 aliphatic carbocycles. The van der Waals surface area contributed by atoms with Crippen LogP contribution in [0.2, 0.25) is 0 Å². The van der Waals surface area contributed by atoms with E-state index in [4.69, 9.17) is 21.9 Å². The first-order chi connectivity index (χ1) is 15.4. The van der Waals surface area contributed by atoms with Crippen molar-refractivity contribution in [2.75, 3.05) is 20.7 Å². The summed E-state index contributed by atoms with van der Waals surface area (Å²) >= 11 is 5.25. The third-order valence-corrected chi connectivity index (χ3v) is 5.90. The van der Waals surface area contributed by atoms with E-state index in [0.717, 1.165) is 44.9 Å². The Hall–Kier alpha value is -3.45. The lowest BCUT2D eigenvalue weighted by Gasteiger charge is -2.23. The Morgan fingerprint density at radius 2 is 1.75 bits per heavy atom. The molecule has 0 saturated carbocycles. The van der Waals surface area contributed by atoms with Crippen molar-refractivity contribution in [2.45, 2.75) is 19.3 Å². The Kier molecular flexibility index (Phi) is 6.10. The van der Waals surface area contributed by atoms with Crippen LogP contribution in [0.25, 0.3) is 33.3 Å². The van der Waals surface area contributed by atoms with Gasteiger partial charge in [-0.3, -0.25) is 4.98 Å². The van der Waals surface area contributed by atoms with Gasteiger partial charge in [0.2, 0.25) is 0 Å². The number of rotatable bonds is 6. The minimum atomic E-state index is -0.273. The number of H-pyrrole nitrogens is 1. The molecule has 0 aliphatic rings. The molecule has 7 heteroatoms. The molecule has 0 amide bonds. The average molecular weight is 446 g/mol. The first-order valence-corrected chi connectivity index (χ1v) is 10.9. The van der Waals surface area contributed by atoms with Crippen molar-refractivity contribution in [2.24, 2.45) is 0 Å². The summed E-state index contributed by atoms with van der Waals surface area (Å²) in [4.78, 5) is 12.8. The van der Waals surface area contributed by atoms with E-state index >= 15 is 0 Å².